The van der Waals surface area contributed by atoms with Gasteiger partial charge in [-0.2, -0.15) is 0 Å². The van der Waals surface area contributed by atoms with Crippen LogP contribution in [0.3, 0.4) is 0 Å². The number of halogens is 1. The zero-order valence-electron chi connectivity index (χ0n) is 8.48. The molecule has 2 aromatic rings. The summed E-state index contributed by atoms with van der Waals surface area (Å²) in [6, 6.07) is 7.32. The van der Waals surface area contributed by atoms with Crippen LogP contribution in [0.2, 0.25) is 0 Å². The Kier molecular flexibility index (Phi) is 2.71. The van der Waals surface area contributed by atoms with Crippen molar-refractivity contribution in [3.05, 3.63) is 47.6 Å². The number of aromatic carboxylic acids is 1. The number of hydrogen-bond acceptors (Lipinski definition) is 1. The topological polar surface area (TPSA) is 42.2 Å². The molecule has 0 aliphatic rings. The Labute approximate surface area is 97.6 Å². The molecule has 3 nitrogen and oxygen atoms in total. The van der Waals surface area contributed by atoms with E-state index in [2.05, 4.69) is 6.58 Å². The molecule has 0 saturated carbocycles. The van der Waals surface area contributed by atoms with Gasteiger partial charge in [0.1, 0.15) is 0 Å². The first-order chi connectivity index (χ1) is 7.59. The number of hydrogen-bond donors (Lipinski definition) is 1. The van der Waals surface area contributed by atoms with Crippen LogP contribution in [0.25, 0.3) is 10.9 Å². The van der Waals surface area contributed by atoms with Crippen molar-refractivity contribution in [2.75, 3.05) is 0 Å². The zero-order valence-corrected chi connectivity index (χ0v) is 9.24. The summed E-state index contributed by atoms with van der Waals surface area (Å²) in [6.45, 7) is 4.02. The highest BCUT2D eigenvalue weighted by atomic mass is 35.5. The van der Waals surface area contributed by atoms with Gasteiger partial charge >= 0.3 is 5.97 Å². The minimum atomic E-state index is -0.935. The van der Waals surface area contributed by atoms with Gasteiger partial charge in [0, 0.05) is 22.1 Å². The fourth-order valence-electron chi connectivity index (χ4n) is 1.73. The summed E-state index contributed by atoms with van der Waals surface area (Å²) in [5, 5.41) is 10.2. The lowest BCUT2D eigenvalue weighted by Crippen LogP contribution is -1.96. The standard InChI is InChI=1S/C12H10ClNO2/c1-8(13)6-14-7-10(12(15)16)9-4-2-3-5-11(9)14/h2-5,7H,1,6H2,(H,15,16). The lowest BCUT2D eigenvalue weighted by molar-refractivity contribution is 0.0699. The van der Waals surface area contributed by atoms with Gasteiger partial charge < -0.3 is 9.67 Å². The Morgan fingerprint density at radius 2 is 2.12 bits per heavy atom. The molecular formula is C12H10ClNO2. The molecule has 0 unspecified atom stereocenters. The molecule has 1 N–H and O–H groups in total. The summed E-state index contributed by atoms with van der Waals surface area (Å²) < 4.78 is 1.79. The van der Waals surface area contributed by atoms with Gasteiger partial charge in [0.05, 0.1) is 12.1 Å². The van der Waals surface area contributed by atoms with Crippen LogP contribution < -0.4 is 0 Å². The van der Waals surface area contributed by atoms with Crippen molar-refractivity contribution in [2.24, 2.45) is 0 Å². The lowest BCUT2D eigenvalue weighted by atomic mass is 10.2. The van der Waals surface area contributed by atoms with E-state index in [0.29, 0.717) is 17.0 Å². The number of rotatable bonds is 3. The molecule has 1 aromatic carbocycles. The van der Waals surface area contributed by atoms with Crippen molar-refractivity contribution in [3.8, 4) is 0 Å². The van der Waals surface area contributed by atoms with Crippen LogP contribution in [0.4, 0.5) is 0 Å². The molecular weight excluding hydrogens is 226 g/mol. The minimum Gasteiger partial charge on any atom is -0.478 e. The van der Waals surface area contributed by atoms with Crippen LogP contribution >= 0.6 is 11.6 Å². The number of carbonyl (C=O) groups is 1. The van der Waals surface area contributed by atoms with Crippen LogP contribution in [0.15, 0.2) is 42.1 Å². The van der Waals surface area contributed by atoms with Crippen molar-refractivity contribution >= 4 is 28.5 Å². The Hall–Kier alpha value is -1.74. The fourth-order valence-corrected chi connectivity index (χ4v) is 1.86. The molecule has 0 fully saturated rings. The Balaban J connectivity index is 2.66. The minimum absolute atomic E-state index is 0.286. The van der Waals surface area contributed by atoms with E-state index in [1.54, 1.807) is 16.8 Å². The van der Waals surface area contributed by atoms with Gasteiger partial charge in [-0.25, -0.2) is 4.79 Å². The van der Waals surface area contributed by atoms with E-state index in [4.69, 9.17) is 16.7 Å². The molecule has 1 aromatic heterocycles. The Bertz CT molecular complexity index is 571. The second kappa shape index (κ2) is 4.02. The van der Waals surface area contributed by atoms with Crippen LogP contribution in [-0.2, 0) is 6.54 Å². The number of allylic oxidation sites excluding steroid dienone is 1. The van der Waals surface area contributed by atoms with Crippen LogP contribution in [0.5, 0.6) is 0 Å². The normalized spacial score (nSPS) is 10.6. The average Bonchev–Trinajstić information content (AvgIpc) is 2.57. The molecule has 0 saturated heterocycles. The van der Waals surface area contributed by atoms with Gasteiger partial charge in [0.15, 0.2) is 0 Å². The predicted molar refractivity (Wildman–Crippen MR) is 63.9 cm³/mol. The van der Waals surface area contributed by atoms with E-state index in [0.717, 1.165) is 5.52 Å². The van der Waals surface area contributed by atoms with Gasteiger partial charge in [0.25, 0.3) is 0 Å². The first kappa shape index (κ1) is 10.8. The quantitative estimate of drug-likeness (QED) is 0.888. The highest BCUT2D eigenvalue weighted by Crippen LogP contribution is 2.22. The molecule has 16 heavy (non-hydrogen) atoms. The van der Waals surface area contributed by atoms with Crippen molar-refractivity contribution in [1.29, 1.82) is 0 Å². The molecule has 0 radical (unpaired) electrons. The molecule has 0 spiro atoms. The van der Waals surface area contributed by atoms with Gasteiger partial charge in [-0.1, -0.05) is 36.4 Å². The summed E-state index contributed by atoms with van der Waals surface area (Å²) in [4.78, 5) is 11.0. The van der Waals surface area contributed by atoms with E-state index < -0.39 is 5.97 Å². The number of aromatic nitrogens is 1. The number of fused-ring (bicyclic) bond motifs is 1. The number of carboxylic acids is 1. The Morgan fingerprint density at radius 3 is 2.75 bits per heavy atom. The van der Waals surface area contributed by atoms with Gasteiger partial charge in [-0.3, -0.25) is 0 Å². The SMILES string of the molecule is C=C(Cl)Cn1cc(C(=O)O)c2ccccc21. The Morgan fingerprint density at radius 1 is 1.44 bits per heavy atom. The third-order valence-electron chi connectivity index (χ3n) is 2.36. The van der Waals surface area contributed by atoms with Crippen molar-refractivity contribution in [2.45, 2.75) is 6.54 Å². The molecule has 0 bridgehead atoms. The average molecular weight is 236 g/mol. The maximum atomic E-state index is 11.0. The maximum Gasteiger partial charge on any atom is 0.337 e. The van der Waals surface area contributed by atoms with E-state index in [9.17, 15) is 4.79 Å². The molecule has 2 rings (SSSR count). The van der Waals surface area contributed by atoms with Gasteiger partial charge in [-0.05, 0) is 6.07 Å². The first-order valence-corrected chi connectivity index (χ1v) is 5.12. The summed E-state index contributed by atoms with van der Waals surface area (Å²) in [7, 11) is 0. The van der Waals surface area contributed by atoms with Crippen LogP contribution in [0.1, 0.15) is 10.4 Å². The highest BCUT2D eigenvalue weighted by molar-refractivity contribution is 6.29. The molecule has 0 amide bonds. The molecule has 82 valence electrons. The summed E-state index contributed by atoms with van der Waals surface area (Å²) in [5.74, 6) is -0.935. The van der Waals surface area contributed by atoms with Crippen LogP contribution in [-0.4, -0.2) is 15.6 Å². The second-order valence-corrected chi connectivity index (χ2v) is 4.04. The van der Waals surface area contributed by atoms with Crippen LogP contribution in [0, 0.1) is 0 Å². The van der Waals surface area contributed by atoms with E-state index in [-0.39, 0.29) is 5.56 Å². The third kappa shape index (κ3) is 1.82. The van der Waals surface area contributed by atoms with Crippen molar-refractivity contribution in [1.82, 2.24) is 4.57 Å². The maximum absolute atomic E-state index is 11.0. The zero-order chi connectivity index (χ0) is 11.7. The van der Waals surface area contributed by atoms with Crippen molar-refractivity contribution < 1.29 is 9.90 Å². The molecule has 0 aliphatic carbocycles. The molecule has 4 heteroatoms. The lowest BCUT2D eigenvalue weighted by Gasteiger charge is -2.02. The highest BCUT2D eigenvalue weighted by Gasteiger charge is 2.13. The third-order valence-corrected chi connectivity index (χ3v) is 2.48. The number of benzene rings is 1. The smallest absolute Gasteiger partial charge is 0.337 e. The summed E-state index contributed by atoms with van der Waals surface area (Å²) in [6.07, 6.45) is 1.58. The fraction of sp³-hybridized carbons (Fsp3) is 0.0833. The number of carboxylic acid groups (broad SMARTS) is 1. The van der Waals surface area contributed by atoms with Gasteiger partial charge in [-0.15, -0.1) is 0 Å². The molecule has 1 heterocycles. The molecule has 0 aliphatic heterocycles. The first-order valence-electron chi connectivity index (χ1n) is 4.74. The number of para-hydroxylation sites is 1. The largest absolute Gasteiger partial charge is 0.478 e. The summed E-state index contributed by atoms with van der Waals surface area (Å²) >= 11 is 5.74. The van der Waals surface area contributed by atoms with E-state index >= 15 is 0 Å². The second-order valence-electron chi connectivity index (χ2n) is 3.51. The van der Waals surface area contributed by atoms with Gasteiger partial charge in [0.2, 0.25) is 0 Å². The molecule has 0 atom stereocenters. The number of nitrogens with zero attached hydrogens (tertiary/aromatic N) is 1. The summed E-state index contributed by atoms with van der Waals surface area (Å²) in [5.41, 5.74) is 1.13. The predicted octanol–water partition coefficient (Wildman–Crippen LogP) is 3.09. The monoisotopic (exact) mass is 235 g/mol. The van der Waals surface area contributed by atoms with E-state index in [1.807, 2.05) is 18.2 Å². The van der Waals surface area contributed by atoms with E-state index in [1.165, 1.54) is 0 Å². The van der Waals surface area contributed by atoms with Crippen molar-refractivity contribution in [3.63, 3.8) is 0 Å².